The first kappa shape index (κ1) is 16.0. The maximum Gasteiger partial charge on any atom is 0.118 e. The highest BCUT2D eigenvalue weighted by Gasteiger charge is 2.09. The fourth-order valence-corrected chi connectivity index (χ4v) is 1.75. The molecular formula is C15H25NO3. The summed E-state index contributed by atoms with van der Waals surface area (Å²) in [7, 11) is 3.61. The summed E-state index contributed by atoms with van der Waals surface area (Å²) < 4.78 is 16.1. The van der Waals surface area contributed by atoms with Gasteiger partial charge in [0.05, 0.1) is 33.0 Å². The molecule has 19 heavy (non-hydrogen) atoms. The highest BCUT2D eigenvalue weighted by molar-refractivity contribution is 5.29. The van der Waals surface area contributed by atoms with Crippen LogP contribution in [0.2, 0.25) is 0 Å². The molecule has 0 aromatic heterocycles. The number of nitrogens with one attached hydrogen (secondary N) is 1. The van der Waals surface area contributed by atoms with E-state index in [1.54, 1.807) is 7.11 Å². The molecule has 0 aliphatic rings. The molecule has 108 valence electrons. The van der Waals surface area contributed by atoms with E-state index in [1.165, 1.54) is 5.56 Å². The van der Waals surface area contributed by atoms with E-state index in [-0.39, 0.29) is 6.04 Å². The standard InChI is InChI=1S/C15H25NO3/c1-4-9-18-10-11-19-12-15(16-2)13-5-7-14(17-3)8-6-13/h5-8,15-16H,4,9-12H2,1-3H3. The van der Waals surface area contributed by atoms with Crippen molar-refractivity contribution in [2.45, 2.75) is 19.4 Å². The topological polar surface area (TPSA) is 39.7 Å². The maximum atomic E-state index is 5.63. The van der Waals surface area contributed by atoms with Crippen molar-refractivity contribution in [1.29, 1.82) is 0 Å². The minimum atomic E-state index is 0.192. The Hall–Kier alpha value is -1.10. The van der Waals surface area contributed by atoms with Gasteiger partial charge in [-0.1, -0.05) is 19.1 Å². The molecule has 1 aromatic rings. The van der Waals surface area contributed by atoms with Crippen LogP contribution in [-0.4, -0.2) is 40.6 Å². The van der Waals surface area contributed by atoms with Gasteiger partial charge in [0, 0.05) is 6.61 Å². The van der Waals surface area contributed by atoms with Gasteiger partial charge in [0.2, 0.25) is 0 Å². The fraction of sp³-hybridized carbons (Fsp3) is 0.600. The third-order valence-electron chi connectivity index (χ3n) is 2.87. The minimum absolute atomic E-state index is 0.192. The second-order valence-electron chi connectivity index (χ2n) is 4.30. The second-order valence-corrected chi connectivity index (χ2v) is 4.30. The molecule has 1 unspecified atom stereocenters. The molecule has 1 rings (SSSR count). The number of likely N-dealkylation sites (N-methyl/N-ethyl adjacent to an activating group) is 1. The Balaban J connectivity index is 2.31. The minimum Gasteiger partial charge on any atom is -0.497 e. The Morgan fingerprint density at radius 1 is 1.05 bits per heavy atom. The molecule has 0 amide bonds. The van der Waals surface area contributed by atoms with Crippen molar-refractivity contribution < 1.29 is 14.2 Å². The zero-order valence-corrected chi connectivity index (χ0v) is 12.1. The van der Waals surface area contributed by atoms with Crippen molar-refractivity contribution in [2.24, 2.45) is 0 Å². The van der Waals surface area contributed by atoms with Gasteiger partial charge in [0.15, 0.2) is 0 Å². The van der Waals surface area contributed by atoms with Crippen LogP contribution >= 0.6 is 0 Å². The number of benzene rings is 1. The molecule has 0 fully saturated rings. The zero-order chi connectivity index (χ0) is 13.9. The molecule has 1 N–H and O–H groups in total. The van der Waals surface area contributed by atoms with Crippen LogP contribution < -0.4 is 10.1 Å². The van der Waals surface area contributed by atoms with Crippen LogP contribution in [0.15, 0.2) is 24.3 Å². The van der Waals surface area contributed by atoms with E-state index in [0.29, 0.717) is 19.8 Å². The van der Waals surface area contributed by atoms with Crippen LogP contribution in [0.5, 0.6) is 5.75 Å². The van der Waals surface area contributed by atoms with E-state index in [1.807, 2.05) is 19.2 Å². The zero-order valence-electron chi connectivity index (χ0n) is 12.1. The van der Waals surface area contributed by atoms with E-state index >= 15 is 0 Å². The van der Waals surface area contributed by atoms with Crippen molar-refractivity contribution in [3.8, 4) is 5.75 Å². The fourth-order valence-electron chi connectivity index (χ4n) is 1.75. The quantitative estimate of drug-likeness (QED) is 0.661. The molecule has 4 heteroatoms. The van der Waals surface area contributed by atoms with Gasteiger partial charge >= 0.3 is 0 Å². The number of ether oxygens (including phenoxy) is 3. The second kappa shape index (κ2) is 9.78. The van der Waals surface area contributed by atoms with Crippen LogP contribution in [0.3, 0.4) is 0 Å². The maximum absolute atomic E-state index is 5.63. The van der Waals surface area contributed by atoms with Crippen molar-refractivity contribution >= 4 is 0 Å². The van der Waals surface area contributed by atoms with Crippen LogP contribution in [0.1, 0.15) is 24.9 Å². The number of hydrogen-bond donors (Lipinski definition) is 1. The van der Waals surface area contributed by atoms with Gasteiger partial charge in [-0.05, 0) is 31.2 Å². The highest BCUT2D eigenvalue weighted by atomic mass is 16.5. The van der Waals surface area contributed by atoms with Crippen molar-refractivity contribution in [1.82, 2.24) is 5.32 Å². The molecule has 4 nitrogen and oxygen atoms in total. The van der Waals surface area contributed by atoms with Gasteiger partial charge in [-0.25, -0.2) is 0 Å². The molecule has 0 spiro atoms. The monoisotopic (exact) mass is 267 g/mol. The van der Waals surface area contributed by atoms with Crippen molar-refractivity contribution in [3.63, 3.8) is 0 Å². The summed E-state index contributed by atoms with van der Waals surface area (Å²) in [5.74, 6) is 0.868. The summed E-state index contributed by atoms with van der Waals surface area (Å²) in [6.45, 7) is 4.83. The lowest BCUT2D eigenvalue weighted by molar-refractivity contribution is 0.0399. The normalized spacial score (nSPS) is 12.4. The first-order valence-electron chi connectivity index (χ1n) is 6.78. The third-order valence-corrected chi connectivity index (χ3v) is 2.87. The summed E-state index contributed by atoms with van der Waals surface area (Å²) >= 11 is 0. The van der Waals surface area contributed by atoms with Gasteiger partial charge in [-0.2, -0.15) is 0 Å². The van der Waals surface area contributed by atoms with Crippen LogP contribution in [0.25, 0.3) is 0 Å². The lowest BCUT2D eigenvalue weighted by Crippen LogP contribution is -2.22. The highest BCUT2D eigenvalue weighted by Crippen LogP contribution is 2.17. The van der Waals surface area contributed by atoms with Crippen molar-refractivity contribution in [3.05, 3.63) is 29.8 Å². The van der Waals surface area contributed by atoms with E-state index < -0.39 is 0 Å². The van der Waals surface area contributed by atoms with E-state index in [2.05, 4.69) is 24.4 Å². The predicted molar refractivity (Wildman–Crippen MR) is 76.7 cm³/mol. The molecule has 1 aromatic carbocycles. The lowest BCUT2D eigenvalue weighted by atomic mass is 10.1. The van der Waals surface area contributed by atoms with Gasteiger partial charge in [0.25, 0.3) is 0 Å². The summed E-state index contributed by atoms with van der Waals surface area (Å²) in [5, 5.41) is 3.25. The SMILES string of the molecule is CCCOCCOCC(NC)c1ccc(OC)cc1. The van der Waals surface area contributed by atoms with Gasteiger partial charge in [-0.3, -0.25) is 0 Å². The summed E-state index contributed by atoms with van der Waals surface area (Å²) in [4.78, 5) is 0. The smallest absolute Gasteiger partial charge is 0.118 e. The van der Waals surface area contributed by atoms with Crippen molar-refractivity contribution in [2.75, 3.05) is 40.6 Å². The Bertz CT molecular complexity index is 327. The molecular weight excluding hydrogens is 242 g/mol. The first-order valence-corrected chi connectivity index (χ1v) is 6.78. The predicted octanol–water partition coefficient (Wildman–Crippen LogP) is 2.40. The molecule has 0 aliphatic heterocycles. The number of hydrogen-bond acceptors (Lipinski definition) is 4. The molecule has 0 heterocycles. The van der Waals surface area contributed by atoms with E-state index in [9.17, 15) is 0 Å². The average Bonchev–Trinajstić information content (AvgIpc) is 2.47. The summed E-state index contributed by atoms with van der Waals surface area (Å²) in [6.07, 6.45) is 1.05. The summed E-state index contributed by atoms with van der Waals surface area (Å²) in [6, 6.07) is 8.22. The lowest BCUT2D eigenvalue weighted by Gasteiger charge is -2.17. The third kappa shape index (κ3) is 6.05. The van der Waals surface area contributed by atoms with Crippen LogP contribution in [0.4, 0.5) is 0 Å². The largest absolute Gasteiger partial charge is 0.497 e. The van der Waals surface area contributed by atoms with E-state index in [4.69, 9.17) is 14.2 Å². The Morgan fingerprint density at radius 2 is 1.74 bits per heavy atom. The molecule has 0 radical (unpaired) electrons. The van der Waals surface area contributed by atoms with Gasteiger partial charge in [0.1, 0.15) is 5.75 Å². The molecule has 0 saturated carbocycles. The Morgan fingerprint density at radius 3 is 2.32 bits per heavy atom. The molecule has 0 aliphatic carbocycles. The Kier molecular flexibility index (Phi) is 8.21. The average molecular weight is 267 g/mol. The van der Waals surface area contributed by atoms with Gasteiger partial charge < -0.3 is 19.5 Å². The van der Waals surface area contributed by atoms with Crippen LogP contribution in [-0.2, 0) is 9.47 Å². The van der Waals surface area contributed by atoms with Gasteiger partial charge in [-0.15, -0.1) is 0 Å². The van der Waals surface area contributed by atoms with E-state index in [0.717, 1.165) is 18.8 Å². The number of methoxy groups -OCH3 is 1. The first-order chi connectivity index (χ1) is 9.31. The summed E-state index contributed by atoms with van der Waals surface area (Å²) in [5.41, 5.74) is 1.19. The molecule has 1 atom stereocenters. The number of rotatable bonds is 10. The molecule has 0 saturated heterocycles. The van der Waals surface area contributed by atoms with Crippen LogP contribution in [0, 0.1) is 0 Å². The molecule has 0 bridgehead atoms. The Labute approximate surface area is 116 Å².